The standard InChI is InChI=1S/C11H20N4O/c1-3-10-8-15(7-5-12-10)6-4-11-13-9(2)16-14-11/h10,12H,3-8H2,1-2H3. The molecule has 0 aliphatic carbocycles. The third-order valence-electron chi connectivity index (χ3n) is 3.05. The van der Waals surface area contributed by atoms with Crippen LogP contribution in [0.1, 0.15) is 25.1 Å². The van der Waals surface area contributed by atoms with Gasteiger partial charge in [-0.25, -0.2) is 0 Å². The fourth-order valence-corrected chi connectivity index (χ4v) is 2.07. The molecule has 1 aliphatic rings. The first-order chi connectivity index (χ1) is 7.78. The van der Waals surface area contributed by atoms with Crippen molar-refractivity contribution in [2.24, 2.45) is 0 Å². The molecule has 16 heavy (non-hydrogen) atoms. The Morgan fingerprint density at radius 2 is 2.44 bits per heavy atom. The van der Waals surface area contributed by atoms with E-state index in [0.717, 1.165) is 38.4 Å². The molecule has 0 aromatic carbocycles. The number of hydrogen-bond acceptors (Lipinski definition) is 5. The average molecular weight is 224 g/mol. The van der Waals surface area contributed by atoms with E-state index in [1.54, 1.807) is 0 Å². The molecule has 5 nitrogen and oxygen atoms in total. The number of piperazine rings is 1. The lowest BCUT2D eigenvalue weighted by atomic mass is 10.1. The highest BCUT2D eigenvalue weighted by molar-refractivity contribution is 4.86. The first-order valence-corrected chi connectivity index (χ1v) is 6.03. The van der Waals surface area contributed by atoms with Gasteiger partial charge in [-0.3, -0.25) is 0 Å². The topological polar surface area (TPSA) is 54.2 Å². The molecule has 0 radical (unpaired) electrons. The van der Waals surface area contributed by atoms with Crippen LogP contribution < -0.4 is 5.32 Å². The Kier molecular flexibility index (Phi) is 3.90. The van der Waals surface area contributed by atoms with E-state index in [-0.39, 0.29) is 0 Å². The summed E-state index contributed by atoms with van der Waals surface area (Å²) in [6.07, 6.45) is 2.07. The van der Waals surface area contributed by atoms with Crippen LogP contribution in [0.3, 0.4) is 0 Å². The second kappa shape index (κ2) is 5.41. The van der Waals surface area contributed by atoms with E-state index in [9.17, 15) is 0 Å². The van der Waals surface area contributed by atoms with Crippen molar-refractivity contribution in [3.63, 3.8) is 0 Å². The summed E-state index contributed by atoms with van der Waals surface area (Å²) in [5, 5.41) is 7.42. The summed E-state index contributed by atoms with van der Waals surface area (Å²) < 4.78 is 4.95. The Morgan fingerprint density at radius 1 is 1.56 bits per heavy atom. The molecule has 0 bridgehead atoms. The van der Waals surface area contributed by atoms with Crippen LogP contribution in [-0.2, 0) is 6.42 Å². The van der Waals surface area contributed by atoms with E-state index in [1.165, 1.54) is 6.42 Å². The third kappa shape index (κ3) is 3.02. The number of aryl methyl sites for hydroxylation is 1. The van der Waals surface area contributed by atoms with Gasteiger partial charge in [0, 0.05) is 45.6 Å². The molecule has 0 saturated carbocycles. The van der Waals surface area contributed by atoms with Crippen molar-refractivity contribution < 1.29 is 4.52 Å². The monoisotopic (exact) mass is 224 g/mol. The van der Waals surface area contributed by atoms with Crippen molar-refractivity contribution in [2.75, 3.05) is 26.2 Å². The van der Waals surface area contributed by atoms with Crippen molar-refractivity contribution in [3.8, 4) is 0 Å². The summed E-state index contributed by atoms with van der Waals surface area (Å²) in [6, 6.07) is 0.640. The van der Waals surface area contributed by atoms with Crippen LogP contribution in [0.5, 0.6) is 0 Å². The van der Waals surface area contributed by atoms with Gasteiger partial charge in [-0.05, 0) is 6.42 Å². The van der Waals surface area contributed by atoms with Crippen LogP contribution in [0.25, 0.3) is 0 Å². The molecular weight excluding hydrogens is 204 g/mol. The van der Waals surface area contributed by atoms with Gasteiger partial charge >= 0.3 is 0 Å². The van der Waals surface area contributed by atoms with Gasteiger partial charge in [0.2, 0.25) is 5.89 Å². The zero-order chi connectivity index (χ0) is 11.4. The minimum Gasteiger partial charge on any atom is -0.340 e. The van der Waals surface area contributed by atoms with Gasteiger partial charge in [-0.2, -0.15) is 4.98 Å². The Morgan fingerprint density at radius 3 is 3.12 bits per heavy atom. The second-order valence-electron chi connectivity index (χ2n) is 4.34. The minimum atomic E-state index is 0.640. The summed E-state index contributed by atoms with van der Waals surface area (Å²) in [4.78, 5) is 6.68. The molecule has 2 rings (SSSR count). The van der Waals surface area contributed by atoms with Crippen molar-refractivity contribution in [1.82, 2.24) is 20.4 Å². The summed E-state index contributed by atoms with van der Waals surface area (Å²) in [5.74, 6) is 1.48. The predicted octanol–water partition coefficient (Wildman–Crippen LogP) is 0.604. The molecule has 90 valence electrons. The zero-order valence-corrected chi connectivity index (χ0v) is 10.1. The average Bonchev–Trinajstić information content (AvgIpc) is 2.73. The molecule has 1 N–H and O–H groups in total. The molecule has 1 saturated heterocycles. The molecule has 5 heteroatoms. The van der Waals surface area contributed by atoms with Crippen LogP contribution >= 0.6 is 0 Å². The SMILES string of the molecule is CCC1CN(CCc2noc(C)n2)CCN1. The lowest BCUT2D eigenvalue weighted by molar-refractivity contribution is 0.198. The maximum absolute atomic E-state index is 4.95. The van der Waals surface area contributed by atoms with Crippen molar-refractivity contribution in [1.29, 1.82) is 0 Å². The Balaban J connectivity index is 1.77. The fourth-order valence-electron chi connectivity index (χ4n) is 2.07. The Bertz CT molecular complexity index is 326. The quantitative estimate of drug-likeness (QED) is 0.812. The van der Waals surface area contributed by atoms with E-state index in [4.69, 9.17) is 4.52 Å². The van der Waals surface area contributed by atoms with E-state index in [1.807, 2.05) is 6.92 Å². The zero-order valence-electron chi connectivity index (χ0n) is 10.1. The molecule has 1 atom stereocenters. The van der Waals surface area contributed by atoms with Crippen LogP contribution in [-0.4, -0.2) is 47.3 Å². The molecule has 1 unspecified atom stereocenters. The number of nitrogens with one attached hydrogen (secondary N) is 1. The molecule has 1 aromatic rings. The van der Waals surface area contributed by atoms with E-state index in [2.05, 4.69) is 27.3 Å². The fraction of sp³-hybridized carbons (Fsp3) is 0.818. The van der Waals surface area contributed by atoms with E-state index >= 15 is 0 Å². The molecule has 0 spiro atoms. The first-order valence-electron chi connectivity index (χ1n) is 6.03. The van der Waals surface area contributed by atoms with Crippen molar-refractivity contribution in [2.45, 2.75) is 32.7 Å². The lowest BCUT2D eigenvalue weighted by Gasteiger charge is -2.32. The molecule has 0 amide bonds. The number of nitrogens with zero attached hydrogens (tertiary/aromatic N) is 3. The number of aromatic nitrogens is 2. The van der Waals surface area contributed by atoms with Gasteiger partial charge in [0.05, 0.1) is 0 Å². The normalized spacial score (nSPS) is 22.5. The van der Waals surface area contributed by atoms with Crippen molar-refractivity contribution in [3.05, 3.63) is 11.7 Å². The minimum absolute atomic E-state index is 0.640. The highest BCUT2D eigenvalue weighted by Gasteiger charge is 2.17. The van der Waals surface area contributed by atoms with Gasteiger partial charge in [-0.15, -0.1) is 0 Å². The first kappa shape index (κ1) is 11.5. The van der Waals surface area contributed by atoms with Crippen molar-refractivity contribution >= 4 is 0 Å². The van der Waals surface area contributed by atoms with E-state index in [0.29, 0.717) is 11.9 Å². The highest BCUT2D eigenvalue weighted by atomic mass is 16.5. The van der Waals surface area contributed by atoms with Gasteiger partial charge in [-0.1, -0.05) is 12.1 Å². The maximum atomic E-state index is 4.95. The molecule has 2 heterocycles. The Labute approximate surface area is 96.2 Å². The van der Waals surface area contributed by atoms with Gasteiger partial charge < -0.3 is 14.7 Å². The third-order valence-corrected chi connectivity index (χ3v) is 3.05. The molecule has 1 aliphatic heterocycles. The second-order valence-corrected chi connectivity index (χ2v) is 4.34. The summed E-state index contributed by atoms with van der Waals surface area (Å²) >= 11 is 0. The van der Waals surface area contributed by atoms with Gasteiger partial charge in [0.1, 0.15) is 0 Å². The number of rotatable bonds is 4. The van der Waals surface area contributed by atoms with E-state index < -0.39 is 0 Å². The summed E-state index contributed by atoms with van der Waals surface area (Å²) in [6.45, 7) is 8.42. The van der Waals surface area contributed by atoms with Crippen LogP contribution in [0.2, 0.25) is 0 Å². The highest BCUT2D eigenvalue weighted by Crippen LogP contribution is 2.04. The molecule has 1 fully saturated rings. The Hall–Kier alpha value is -0.940. The van der Waals surface area contributed by atoms with Crippen LogP contribution in [0.4, 0.5) is 0 Å². The van der Waals surface area contributed by atoms with Gasteiger partial charge in [0.25, 0.3) is 0 Å². The largest absolute Gasteiger partial charge is 0.340 e. The molecular formula is C11H20N4O. The van der Waals surface area contributed by atoms with Gasteiger partial charge in [0.15, 0.2) is 5.82 Å². The summed E-state index contributed by atoms with van der Waals surface area (Å²) in [5.41, 5.74) is 0. The maximum Gasteiger partial charge on any atom is 0.223 e. The predicted molar refractivity (Wildman–Crippen MR) is 61.3 cm³/mol. The van der Waals surface area contributed by atoms with Crippen LogP contribution in [0, 0.1) is 6.92 Å². The number of hydrogen-bond donors (Lipinski definition) is 1. The lowest BCUT2D eigenvalue weighted by Crippen LogP contribution is -2.50. The smallest absolute Gasteiger partial charge is 0.223 e. The van der Waals surface area contributed by atoms with Crippen LogP contribution in [0.15, 0.2) is 4.52 Å². The molecule has 1 aromatic heterocycles. The summed E-state index contributed by atoms with van der Waals surface area (Å²) in [7, 11) is 0.